The number of rotatable bonds is 5. The molecule has 1 atom stereocenters. The number of carbonyl (C=O) groups is 1. The monoisotopic (exact) mass is 167 g/mol. The van der Waals surface area contributed by atoms with Crippen LogP contribution in [0.2, 0.25) is 0 Å². The van der Waals surface area contributed by atoms with Crippen LogP contribution in [0, 0.1) is 0 Å². The highest BCUT2D eigenvalue weighted by Crippen LogP contribution is 2.04. The zero-order chi connectivity index (χ0) is 9.56. The van der Waals surface area contributed by atoms with Crippen molar-refractivity contribution in [1.29, 1.82) is 0 Å². The molecule has 68 valence electrons. The fourth-order valence-corrected chi connectivity index (χ4v) is 0.779. The Morgan fingerprint density at radius 3 is 2.67 bits per heavy atom. The summed E-state index contributed by atoms with van der Waals surface area (Å²) in [7, 11) is 0. The molecule has 0 saturated heterocycles. The van der Waals surface area contributed by atoms with Crippen LogP contribution in [-0.4, -0.2) is 11.8 Å². The molecule has 2 nitrogen and oxygen atoms in total. The largest absolute Gasteiger partial charge is 0.321 e. The lowest BCUT2D eigenvalue weighted by molar-refractivity contribution is -0.118. The average Bonchev–Trinajstić information content (AvgIpc) is 2.00. The molecule has 0 aromatic rings. The first kappa shape index (κ1) is 11.1. The Bertz CT molecular complexity index is 194. The SMILES string of the molecule is C=C(C=CCC)CC(N)C(C)=O. The van der Waals surface area contributed by atoms with E-state index in [1.807, 2.05) is 12.2 Å². The van der Waals surface area contributed by atoms with Gasteiger partial charge in [0, 0.05) is 0 Å². The van der Waals surface area contributed by atoms with Crippen molar-refractivity contribution in [3.05, 3.63) is 24.3 Å². The zero-order valence-corrected chi connectivity index (χ0v) is 7.84. The summed E-state index contributed by atoms with van der Waals surface area (Å²) in [6.07, 6.45) is 5.47. The standard InChI is InChI=1S/C10H17NO/c1-4-5-6-8(2)7-10(11)9(3)12/h5-6,10H,2,4,7,11H2,1,3H3. The van der Waals surface area contributed by atoms with Crippen LogP contribution in [-0.2, 0) is 4.79 Å². The minimum Gasteiger partial charge on any atom is -0.321 e. The Labute approximate surface area is 74.1 Å². The number of hydrogen-bond donors (Lipinski definition) is 1. The molecule has 0 fully saturated rings. The van der Waals surface area contributed by atoms with E-state index in [0.29, 0.717) is 6.42 Å². The summed E-state index contributed by atoms with van der Waals surface area (Å²) in [6.45, 7) is 7.35. The highest BCUT2D eigenvalue weighted by molar-refractivity contribution is 5.81. The first-order valence-corrected chi connectivity index (χ1v) is 4.18. The van der Waals surface area contributed by atoms with Crippen LogP contribution in [0.4, 0.5) is 0 Å². The Morgan fingerprint density at radius 2 is 2.25 bits per heavy atom. The number of allylic oxidation sites excluding steroid dienone is 2. The van der Waals surface area contributed by atoms with E-state index in [4.69, 9.17) is 5.73 Å². The molecule has 0 aliphatic rings. The maximum Gasteiger partial charge on any atom is 0.146 e. The van der Waals surface area contributed by atoms with Gasteiger partial charge in [0.1, 0.15) is 5.78 Å². The van der Waals surface area contributed by atoms with Gasteiger partial charge in [0.05, 0.1) is 6.04 Å². The molecule has 0 amide bonds. The van der Waals surface area contributed by atoms with Gasteiger partial charge in [-0.1, -0.05) is 31.2 Å². The molecule has 0 saturated carbocycles. The fraction of sp³-hybridized carbons (Fsp3) is 0.500. The smallest absolute Gasteiger partial charge is 0.146 e. The topological polar surface area (TPSA) is 43.1 Å². The molecule has 0 bridgehead atoms. The van der Waals surface area contributed by atoms with E-state index in [9.17, 15) is 4.79 Å². The van der Waals surface area contributed by atoms with E-state index in [2.05, 4.69) is 13.5 Å². The predicted molar refractivity (Wildman–Crippen MR) is 51.8 cm³/mol. The summed E-state index contributed by atoms with van der Waals surface area (Å²) in [5.41, 5.74) is 6.46. The molecule has 0 spiro atoms. The van der Waals surface area contributed by atoms with Gasteiger partial charge in [-0.25, -0.2) is 0 Å². The van der Waals surface area contributed by atoms with Gasteiger partial charge in [0.25, 0.3) is 0 Å². The van der Waals surface area contributed by atoms with Gasteiger partial charge in [-0.05, 0) is 19.8 Å². The maximum absolute atomic E-state index is 10.8. The normalized spacial score (nSPS) is 13.2. The lowest BCUT2D eigenvalue weighted by Crippen LogP contribution is -2.28. The molecule has 12 heavy (non-hydrogen) atoms. The second kappa shape index (κ2) is 5.72. The molecule has 0 rings (SSSR count). The van der Waals surface area contributed by atoms with Crippen molar-refractivity contribution in [3.63, 3.8) is 0 Å². The van der Waals surface area contributed by atoms with Crippen LogP contribution in [0.25, 0.3) is 0 Å². The Hall–Kier alpha value is -0.890. The molecule has 0 radical (unpaired) electrons. The third kappa shape index (κ3) is 4.85. The molecule has 0 aromatic heterocycles. The van der Waals surface area contributed by atoms with Crippen LogP contribution in [0.3, 0.4) is 0 Å². The van der Waals surface area contributed by atoms with E-state index in [1.54, 1.807) is 0 Å². The zero-order valence-electron chi connectivity index (χ0n) is 7.84. The van der Waals surface area contributed by atoms with Gasteiger partial charge in [0.15, 0.2) is 0 Å². The van der Waals surface area contributed by atoms with Crippen LogP contribution in [0.1, 0.15) is 26.7 Å². The Morgan fingerprint density at radius 1 is 1.67 bits per heavy atom. The molecule has 0 aliphatic heterocycles. The number of Topliss-reactive ketones (excluding diaryl/α,β-unsaturated/α-hetero) is 1. The fourth-order valence-electron chi connectivity index (χ4n) is 0.779. The summed E-state index contributed by atoms with van der Waals surface area (Å²) in [4.78, 5) is 10.8. The van der Waals surface area contributed by atoms with E-state index in [1.165, 1.54) is 6.92 Å². The Kier molecular flexibility index (Phi) is 5.30. The van der Waals surface area contributed by atoms with Crippen molar-refractivity contribution in [3.8, 4) is 0 Å². The van der Waals surface area contributed by atoms with Crippen molar-refractivity contribution in [2.75, 3.05) is 0 Å². The second-order valence-corrected chi connectivity index (χ2v) is 2.89. The summed E-state index contributed by atoms with van der Waals surface area (Å²) >= 11 is 0. The van der Waals surface area contributed by atoms with Gasteiger partial charge < -0.3 is 5.73 Å². The van der Waals surface area contributed by atoms with Crippen molar-refractivity contribution in [2.24, 2.45) is 5.73 Å². The third-order valence-corrected chi connectivity index (χ3v) is 1.59. The minimum atomic E-state index is -0.390. The van der Waals surface area contributed by atoms with E-state index in [0.717, 1.165) is 12.0 Å². The number of hydrogen-bond acceptors (Lipinski definition) is 2. The molecular weight excluding hydrogens is 150 g/mol. The molecule has 0 aliphatic carbocycles. The van der Waals surface area contributed by atoms with E-state index >= 15 is 0 Å². The van der Waals surface area contributed by atoms with Crippen LogP contribution < -0.4 is 5.73 Å². The lowest BCUT2D eigenvalue weighted by Gasteiger charge is -2.06. The third-order valence-electron chi connectivity index (χ3n) is 1.59. The Balaban J connectivity index is 3.84. The van der Waals surface area contributed by atoms with Gasteiger partial charge in [-0.3, -0.25) is 4.79 Å². The van der Waals surface area contributed by atoms with Gasteiger partial charge in [-0.15, -0.1) is 0 Å². The van der Waals surface area contributed by atoms with Gasteiger partial charge >= 0.3 is 0 Å². The first-order valence-electron chi connectivity index (χ1n) is 4.18. The van der Waals surface area contributed by atoms with Crippen LogP contribution >= 0.6 is 0 Å². The van der Waals surface area contributed by atoms with E-state index in [-0.39, 0.29) is 11.8 Å². The van der Waals surface area contributed by atoms with Crippen molar-refractivity contribution in [2.45, 2.75) is 32.7 Å². The lowest BCUT2D eigenvalue weighted by atomic mass is 10.1. The number of ketones is 1. The maximum atomic E-state index is 10.8. The first-order chi connectivity index (χ1) is 5.57. The molecule has 0 heterocycles. The van der Waals surface area contributed by atoms with Gasteiger partial charge in [-0.2, -0.15) is 0 Å². The summed E-state index contributed by atoms with van der Waals surface area (Å²) < 4.78 is 0. The molecule has 0 aromatic carbocycles. The van der Waals surface area contributed by atoms with E-state index < -0.39 is 0 Å². The highest BCUT2D eigenvalue weighted by atomic mass is 16.1. The molecule has 2 N–H and O–H groups in total. The molecule has 1 unspecified atom stereocenters. The van der Waals surface area contributed by atoms with Gasteiger partial charge in [0.2, 0.25) is 0 Å². The quantitative estimate of drug-likeness (QED) is 0.635. The van der Waals surface area contributed by atoms with Crippen molar-refractivity contribution in [1.82, 2.24) is 0 Å². The summed E-state index contributed by atoms with van der Waals surface area (Å²) in [5, 5.41) is 0. The average molecular weight is 167 g/mol. The van der Waals surface area contributed by atoms with Crippen LogP contribution in [0.15, 0.2) is 24.3 Å². The minimum absolute atomic E-state index is 0.0149. The van der Waals surface area contributed by atoms with Crippen LogP contribution in [0.5, 0.6) is 0 Å². The number of carbonyl (C=O) groups excluding carboxylic acids is 1. The predicted octanol–water partition coefficient (Wildman–Crippen LogP) is 1.82. The highest BCUT2D eigenvalue weighted by Gasteiger charge is 2.07. The summed E-state index contributed by atoms with van der Waals surface area (Å²) in [6, 6.07) is -0.390. The molecule has 2 heteroatoms. The van der Waals surface area contributed by atoms with Crippen molar-refractivity contribution < 1.29 is 4.79 Å². The van der Waals surface area contributed by atoms with Crippen molar-refractivity contribution >= 4 is 5.78 Å². The number of nitrogens with two attached hydrogens (primary N) is 1. The summed E-state index contributed by atoms with van der Waals surface area (Å²) in [5.74, 6) is 0.0149. The second-order valence-electron chi connectivity index (χ2n) is 2.89. The molecular formula is C10H17NO.